The number of anilines is 1. The van der Waals surface area contributed by atoms with E-state index in [1.165, 1.54) is 14.2 Å². The summed E-state index contributed by atoms with van der Waals surface area (Å²) >= 11 is 0. The lowest BCUT2D eigenvalue weighted by Gasteiger charge is -2.22. The Kier molecular flexibility index (Phi) is 5.45. The molecule has 0 spiro atoms. The van der Waals surface area contributed by atoms with Crippen molar-refractivity contribution in [1.29, 1.82) is 0 Å². The van der Waals surface area contributed by atoms with Gasteiger partial charge in [0.2, 0.25) is 5.95 Å². The molecule has 0 aliphatic carbocycles. The number of carbonyl (C=O) groups excluding carboxylic acids is 1. The average Bonchev–Trinajstić information content (AvgIpc) is 2.93. The topological polar surface area (TPSA) is 93.6 Å². The minimum absolute atomic E-state index is 0.00569. The molecule has 1 aliphatic heterocycles. The molecule has 0 aromatic carbocycles. The van der Waals surface area contributed by atoms with Crippen LogP contribution in [0.3, 0.4) is 0 Å². The maximum absolute atomic E-state index is 12.7. The van der Waals surface area contributed by atoms with Crippen molar-refractivity contribution >= 4 is 11.9 Å². The summed E-state index contributed by atoms with van der Waals surface area (Å²) in [7, 11) is 2.99. The van der Waals surface area contributed by atoms with Gasteiger partial charge in [-0.2, -0.15) is 9.97 Å². The van der Waals surface area contributed by atoms with Crippen LogP contribution in [0.2, 0.25) is 0 Å². The van der Waals surface area contributed by atoms with Crippen molar-refractivity contribution in [3.05, 3.63) is 29.6 Å². The van der Waals surface area contributed by atoms with Crippen molar-refractivity contribution in [3.63, 3.8) is 0 Å². The molecule has 26 heavy (non-hydrogen) atoms. The van der Waals surface area contributed by atoms with Gasteiger partial charge in [-0.1, -0.05) is 0 Å². The summed E-state index contributed by atoms with van der Waals surface area (Å²) in [4.78, 5) is 33.3. The molecule has 1 saturated heterocycles. The van der Waals surface area contributed by atoms with Gasteiger partial charge in [0.1, 0.15) is 0 Å². The van der Waals surface area contributed by atoms with E-state index >= 15 is 0 Å². The van der Waals surface area contributed by atoms with Gasteiger partial charge in [0, 0.05) is 38.6 Å². The molecule has 3 rings (SSSR count). The normalized spacial score (nSPS) is 14.7. The zero-order valence-corrected chi connectivity index (χ0v) is 15.2. The SMILES string of the molecule is COc1nc(OC)nc(N2CCCN(C(=O)c3cncc(C)c3)CC2)n1. The zero-order chi connectivity index (χ0) is 18.5. The van der Waals surface area contributed by atoms with Crippen LogP contribution >= 0.6 is 0 Å². The van der Waals surface area contributed by atoms with E-state index in [4.69, 9.17) is 9.47 Å². The van der Waals surface area contributed by atoms with Gasteiger partial charge in [0.15, 0.2) is 0 Å². The molecule has 0 bridgehead atoms. The Balaban J connectivity index is 1.73. The fourth-order valence-corrected chi connectivity index (χ4v) is 2.83. The Labute approximate surface area is 152 Å². The number of rotatable bonds is 4. The van der Waals surface area contributed by atoms with Gasteiger partial charge in [0.25, 0.3) is 5.91 Å². The molecule has 0 atom stereocenters. The summed E-state index contributed by atoms with van der Waals surface area (Å²) in [6, 6.07) is 2.27. The van der Waals surface area contributed by atoms with Crippen LogP contribution < -0.4 is 14.4 Å². The van der Waals surface area contributed by atoms with Crippen molar-refractivity contribution in [2.45, 2.75) is 13.3 Å². The third kappa shape index (κ3) is 3.98. The van der Waals surface area contributed by atoms with E-state index in [9.17, 15) is 4.79 Å². The first-order chi connectivity index (χ1) is 12.6. The van der Waals surface area contributed by atoms with Crippen LogP contribution in [-0.2, 0) is 0 Å². The van der Waals surface area contributed by atoms with Gasteiger partial charge in [-0.15, -0.1) is 4.98 Å². The second kappa shape index (κ2) is 7.94. The van der Waals surface area contributed by atoms with E-state index in [-0.39, 0.29) is 17.9 Å². The van der Waals surface area contributed by atoms with Crippen molar-refractivity contribution in [1.82, 2.24) is 24.8 Å². The molecule has 1 amide bonds. The molecule has 138 valence electrons. The Bertz CT molecular complexity index is 763. The van der Waals surface area contributed by atoms with E-state index in [0.29, 0.717) is 31.1 Å². The number of carbonyl (C=O) groups is 1. The van der Waals surface area contributed by atoms with Crippen LogP contribution in [-0.4, -0.2) is 71.1 Å². The minimum Gasteiger partial charge on any atom is -0.467 e. The van der Waals surface area contributed by atoms with Crippen LogP contribution in [0.4, 0.5) is 5.95 Å². The number of hydrogen-bond donors (Lipinski definition) is 0. The number of pyridine rings is 1. The lowest BCUT2D eigenvalue weighted by Crippen LogP contribution is -2.35. The molecule has 9 nitrogen and oxygen atoms in total. The predicted octanol–water partition coefficient (Wildman–Crippen LogP) is 0.945. The summed E-state index contributed by atoms with van der Waals surface area (Å²) in [6.45, 7) is 4.51. The molecule has 2 aromatic rings. The fraction of sp³-hybridized carbons (Fsp3) is 0.471. The molecule has 0 saturated carbocycles. The average molecular weight is 358 g/mol. The second-order valence-corrected chi connectivity index (χ2v) is 5.99. The highest BCUT2D eigenvalue weighted by atomic mass is 16.5. The first kappa shape index (κ1) is 17.8. The quantitative estimate of drug-likeness (QED) is 0.797. The van der Waals surface area contributed by atoms with Crippen molar-refractivity contribution in [2.75, 3.05) is 45.3 Å². The standard InChI is InChI=1S/C17H22N6O3/c1-12-9-13(11-18-10-12)14(24)22-5-4-6-23(8-7-22)15-19-16(25-2)21-17(20-15)26-3/h9-11H,4-8H2,1-3H3. The van der Waals surface area contributed by atoms with Crippen molar-refractivity contribution in [2.24, 2.45) is 0 Å². The molecule has 1 aliphatic rings. The molecular formula is C17H22N6O3. The van der Waals surface area contributed by atoms with Crippen LogP contribution in [0, 0.1) is 6.92 Å². The number of hydrogen-bond acceptors (Lipinski definition) is 8. The van der Waals surface area contributed by atoms with Gasteiger partial charge in [-0.25, -0.2) is 0 Å². The lowest BCUT2D eigenvalue weighted by molar-refractivity contribution is 0.0766. The monoisotopic (exact) mass is 358 g/mol. The largest absolute Gasteiger partial charge is 0.467 e. The summed E-state index contributed by atoms with van der Waals surface area (Å²) in [5.41, 5.74) is 1.58. The van der Waals surface area contributed by atoms with E-state index in [1.807, 2.05) is 22.8 Å². The number of methoxy groups -OCH3 is 2. The summed E-state index contributed by atoms with van der Waals surface area (Å²) in [6.07, 6.45) is 4.16. The molecule has 2 aromatic heterocycles. The Hall–Kier alpha value is -2.97. The van der Waals surface area contributed by atoms with E-state index in [0.717, 1.165) is 18.5 Å². The molecular weight excluding hydrogens is 336 g/mol. The predicted molar refractivity (Wildman–Crippen MR) is 94.6 cm³/mol. The molecule has 3 heterocycles. The number of nitrogens with zero attached hydrogens (tertiary/aromatic N) is 6. The Morgan fingerprint density at radius 3 is 2.38 bits per heavy atom. The number of aryl methyl sites for hydroxylation is 1. The maximum atomic E-state index is 12.7. The zero-order valence-electron chi connectivity index (χ0n) is 15.2. The molecule has 0 unspecified atom stereocenters. The minimum atomic E-state index is -0.00569. The summed E-state index contributed by atoms with van der Waals surface area (Å²) in [5.74, 6) is 0.481. The van der Waals surface area contributed by atoms with Gasteiger partial charge < -0.3 is 19.3 Å². The summed E-state index contributed by atoms with van der Waals surface area (Å²) in [5, 5.41) is 0. The lowest BCUT2D eigenvalue weighted by atomic mass is 10.2. The van der Waals surface area contributed by atoms with Crippen LogP contribution in [0.15, 0.2) is 18.5 Å². The number of ether oxygens (including phenoxy) is 2. The first-order valence-corrected chi connectivity index (χ1v) is 8.40. The molecule has 1 fully saturated rings. The van der Waals surface area contributed by atoms with Crippen molar-refractivity contribution in [3.8, 4) is 12.0 Å². The van der Waals surface area contributed by atoms with Crippen LogP contribution in [0.25, 0.3) is 0 Å². The summed E-state index contributed by atoms with van der Waals surface area (Å²) < 4.78 is 10.2. The van der Waals surface area contributed by atoms with E-state index in [2.05, 4.69) is 19.9 Å². The fourth-order valence-electron chi connectivity index (χ4n) is 2.83. The van der Waals surface area contributed by atoms with Crippen molar-refractivity contribution < 1.29 is 14.3 Å². The third-order valence-corrected chi connectivity index (χ3v) is 4.14. The highest BCUT2D eigenvalue weighted by molar-refractivity contribution is 5.94. The highest BCUT2D eigenvalue weighted by Gasteiger charge is 2.23. The van der Waals surface area contributed by atoms with Gasteiger partial charge in [-0.3, -0.25) is 9.78 Å². The van der Waals surface area contributed by atoms with Crippen LogP contribution in [0.5, 0.6) is 12.0 Å². The highest BCUT2D eigenvalue weighted by Crippen LogP contribution is 2.18. The van der Waals surface area contributed by atoms with Gasteiger partial charge in [-0.05, 0) is 25.0 Å². The first-order valence-electron chi connectivity index (χ1n) is 8.40. The second-order valence-electron chi connectivity index (χ2n) is 5.99. The Morgan fingerprint density at radius 2 is 1.73 bits per heavy atom. The molecule has 9 heteroatoms. The molecule has 0 radical (unpaired) electrons. The van der Waals surface area contributed by atoms with E-state index < -0.39 is 0 Å². The third-order valence-electron chi connectivity index (χ3n) is 4.14. The number of aromatic nitrogens is 4. The van der Waals surface area contributed by atoms with E-state index in [1.54, 1.807) is 12.4 Å². The molecule has 0 N–H and O–H groups in total. The van der Waals surface area contributed by atoms with Gasteiger partial charge >= 0.3 is 12.0 Å². The Morgan fingerprint density at radius 1 is 1.00 bits per heavy atom. The van der Waals surface area contributed by atoms with Gasteiger partial charge in [0.05, 0.1) is 19.8 Å². The van der Waals surface area contributed by atoms with Crippen LogP contribution in [0.1, 0.15) is 22.3 Å². The number of amides is 1. The maximum Gasteiger partial charge on any atom is 0.324 e. The smallest absolute Gasteiger partial charge is 0.324 e.